The summed E-state index contributed by atoms with van der Waals surface area (Å²) in [7, 11) is 1.60. The zero-order chi connectivity index (χ0) is 15.2. The smallest absolute Gasteiger partial charge is 0.240 e. The van der Waals surface area contributed by atoms with Crippen LogP contribution in [-0.4, -0.2) is 41.9 Å². The maximum atomic E-state index is 12.1. The molecule has 1 amide bonds. The third kappa shape index (κ3) is 3.83. The second-order valence-corrected chi connectivity index (χ2v) is 5.19. The second kappa shape index (κ2) is 7.24. The number of ether oxygens (including phenoxy) is 1. The molecule has 1 aromatic carbocycles. The number of aliphatic hydroxyl groups is 1. The first-order valence-electron chi connectivity index (χ1n) is 7.09. The van der Waals surface area contributed by atoms with Gasteiger partial charge < -0.3 is 19.7 Å². The van der Waals surface area contributed by atoms with Gasteiger partial charge in [-0.05, 0) is 25.0 Å². The Morgan fingerprint density at radius 2 is 2.19 bits per heavy atom. The third-order valence-electron chi connectivity index (χ3n) is 3.56. The molecule has 0 aliphatic heterocycles. The zero-order valence-corrected chi connectivity index (χ0v) is 12.5. The van der Waals surface area contributed by atoms with Crippen LogP contribution >= 0.6 is 0 Å². The highest BCUT2D eigenvalue weighted by molar-refractivity contribution is 5.86. The monoisotopic (exact) mass is 290 g/mol. The van der Waals surface area contributed by atoms with E-state index in [0.29, 0.717) is 13.0 Å². The van der Waals surface area contributed by atoms with E-state index in [4.69, 9.17) is 4.74 Å². The molecule has 5 nitrogen and oxygen atoms in total. The quantitative estimate of drug-likeness (QED) is 0.811. The van der Waals surface area contributed by atoms with Crippen molar-refractivity contribution in [3.05, 3.63) is 36.0 Å². The average molecular weight is 290 g/mol. The van der Waals surface area contributed by atoms with Crippen molar-refractivity contribution in [2.75, 3.05) is 20.3 Å². The summed E-state index contributed by atoms with van der Waals surface area (Å²) in [6, 6.07) is 7.75. The lowest BCUT2D eigenvalue weighted by Gasteiger charge is -2.16. The summed E-state index contributed by atoms with van der Waals surface area (Å²) in [4.78, 5) is 12.1. The van der Waals surface area contributed by atoms with Crippen molar-refractivity contribution < 1.29 is 14.6 Å². The molecule has 0 spiro atoms. The maximum Gasteiger partial charge on any atom is 0.240 e. The highest BCUT2D eigenvalue weighted by Gasteiger charge is 2.13. The highest BCUT2D eigenvalue weighted by Crippen LogP contribution is 2.20. The van der Waals surface area contributed by atoms with Gasteiger partial charge in [-0.2, -0.15) is 0 Å². The first-order chi connectivity index (χ1) is 10.2. The van der Waals surface area contributed by atoms with Gasteiger partial charge in [0.25, 0.3) is 0 Å². The summed E-state index contributed by atoms with van der Waals surface area (Å²) < 4.78 is 6.90. The number of carbonyl (C=O) groups is 1. The molecule has 2 aromatic rings. The van der Waals surface area contributed by atoms with Crippen molar-refractivity contribution in [1.82, 2.24) is 9.88 Å². The van der Waals surface area contributed by atoms with Crippen molar-refractivity contribution in [3.63, 3.8) is 0 Å². The molecule has 0 aliphatic rings. The fraction of sp³-hybridized carbons (Fsp3) is 0.438. The van der Waals surface area contributed by atoms with Crippen molar-refractivity contribution in [3.8, 4) is 0 Å². The third-order valence-corrected chi connectivity index (χ3v) is 3.56. The number of fused-ring (bicyclic) bond motifs is 1. The van der Waals surface area contributed by atoms with E-state index in [1.54, 1.807) is 7.11 Å². The number of aromatic nitrogens is 1. The molecule has 0 saturated carbocycles. The van der Waals surface area contributed by atoms with E-state index in [-0.39, 0.29) is 25.1 Å². The van der Waals surface area contributed by atoms with Crippen LogP contribution in [0.5, 0.6) is 0 Å². The van der Waals surface area contributed by atoms with Gasteiger partial charge in [0.05, 0.1) is 12.6 Å². The van der Waals surface area contributed by atoms with E-state index in [0.717, 1.165) is 16.5 Å². The minimum Gasteiger partial charge on any atom is -0.394 e. The lowest BCUT2D eigenvalue weighted by Crippen LogP contribution is -2.40. The van der Waals surface area contributed by atoms with Gasteiger partial charge in [0.15, 0.2) is 0 Å². The molecule has 1 unspecified atom stereocenters. The van der Waals surface area contributed by atoms with Crippen LogP contribution in [0.1, 0.15) is 12.0 Å². The normalized spacial score (nSPS) is 12.5. The van der Waals surface area contributed by atoms with Gasteiger partial charge in [0.1, 0.15) is 6.54 Å². The largest absolute Gasteiger partial charge is 0.394 e. The molecule has 2 N–H and O–H groups in total. The Bertz CT molecular complexity index is 607. The van der Waals surface area contributed by atoms with Crippen LogP contribution in [-0.2, 0) is 16.1 Å². The van der Waals surface area contributed by atoms with Gasteiger partial charge in [0, 0.05) is 30.8 Å². The fourth-order valence-corrected chi connectivity index (χ4v) is 2.46. The number of aliphatic hydroxyl groups excluding tert-OH is 1. The molecule has 0 saturated heterocycles. The maximum absolute atomic E-state index is 12.1. The number of para-hydroxylation sites is 1. The second-order valence-electron chi connectivity index (χ2n) is 5.19. The zero-order valence-electron chi connectivity index (χ0n) is 12.5. The fourth-order valence-electron chi connectivity index (χ4n) is 2.46. The summed E-state index contributed by atoms with van der Waals surface area (Å²) in [6.07, 6.45) is 2.58. The molecule has 5 heteroatoms. The van der Waals surface area contributed by atoms with Gasteiger partial charge in [-0.1, -0.05) is 18.2 Å². The summed E-state index contributed by atoms with van der Waals surface area (Å²) in [5.41, 5.74) is 2.19. The number of nitrogens with one attached hydrogen (secondary N) is 1. The Morgan fingerprint density at radius 3 is 2.90 bits per heavy atom. The first-order valence-corrected chi connectivity index (χ1v) is 7.09. The number of benzene rings is 1. The lowest BCUT2D eigenvalue weighted by molar-refractivity contribution is -0.122. The van der Waals surface area contributed by atoms with Crippen LogP contribution in [0.2, 0.25) is 0 Å². The number of hydrogen-bond donors (Lipinski definition) is 2. The lowest BCUT2D eigenvalue weighted by atomic mass is 10.2. The number of rotatable bonds is 7. The minimum atomic E-state index is -0.264. The Hall–Kier alpha value is -1.85. The van der Waals surface area contributed by atoms with E-state index in [1.807, 2.05) is 42.0 Å². The number of carbonyl (C=O) groups excluding carboxylic acids is 1. The molecule has 0 radical (unpaired) electrons. The number of aryl methyl sites for hydroxylation is 1. The molecule has 1 heterocycles. The number of hydrogen-bond acceptors (Lipinski definition) is 3. The Kier molecular flexibility index (Phi) is 5.36. The van der Waals surface area contributed by atoms with Gasteiger partial charge in [-0.25, -0.2) is 0 Å². The summed E-state index contributed by atoms with van der Waals surface area (Å²) in [5.74, 6) is -0.106. The van der Waals surface area contributed by atoms with Crippen LogP contribution < -0.4 is 5.32 Å². The first kappa shape index (κ1) is 15.5. The molecule has 0 aliphatic carbocycles. The Labute approximate surface area is 124 Å². The number of amides is 1. The van der Waals surface area contributed by atoms with Crippen LogP contribution in [0.25, 0.3) is 10.9 Å². The minimum absolute atomic E-state index is 0.0828. The van der Waals surface area contributed by atoms with Crippen LogP contribution in [0.3, 0.4) is 0 Å². The molecular weight excluding hydrogens is 268 g/mol. The van der Waals surface area contributed by atoms with Crippen LogP contribution in [0.15, 0.2) is 30.5 Å². The molecule has 1 aromatic heterocycles. The van der Waals surface area contributed by atoms with Crippen molar-refractivity contribution >= 4 is 16.8 Å². The predicted molar refractivity (Wildman–Crippen MR) is 82.2 cm³/mol. The molecule has 0 bridgehead atoms. The Balaban J connectivity index is 2.04. The van der Waals surface area contributed by atoms with Gasteiger partial charge in [-0.15, -0.1) is 0 Å². The van der Waals surface area contributed by atoms with Crippen LogP contribution in [0.4, 0.5) is 0 Å². The average Bonchev–Trinajstić information content (AvgIpc) is 2.80. The van der Waals surface area contributed by atoms with Crippen molar-refractivity contribution in [2.24, 2.45) is 0 Å². The van der Waals surface area contributed by atoms with E-state index >= 15 is 0 Å². The van der Waals surface area contributed by atoms with E-state index in [1.165, 1.54) is 0 Å². The molecule has 0 fully saturated rings. The van der Waals surface area contributed by atoms with Crippen LogP contribution in [0, 0.1) is 6.92 Å². The Morgan fingerprint density at radius 1 is 1.43 bits per heavy atom. The molecule has 1 atom stereocenters. The van der Waals surface area contributed by atoms with E-state index in [9.17, 15) is 9.90 Å². The highest BCUT2D eigenvalue weighted by atomic mass is 16.5. The van der Waals surface area contributed by atoms with Gasteiger partial charge in [0.2, 0.25) is 5.91 Å². The van der Waals surface area contributed by atoms with E-state index < -0.39 is 0 Å². The van der Waals surface area contributed by atoms with Crippen molar-refractivity contribution in [1.29, 1.82) is 0 Å². The summed E-state index contributed by atoms with van der Waals surface area (Å²) in [5, 5.41) is 13.3. The topological polar surface area (TPSA) is 63.5 Å². The molecule has 21 heavy (non-hydrogen) atoms. The number of methoxy groups -OCH3 is 1. The van der Waals surface area contributed by atoms with Crippen molar-refractivity contribution in [2.45, 2.75) is 25.9 Å². The van der Waals surface area contributed by atoms with Gasteiger partial charge in [-0.3, -0.25) is 4.79 Å². The SMILES string of the molecule is COCCC(CO)NC(=O)Cn1cc(C)c2ccccc21. The molecule has 2 rings (SSSR count). The summed E-state index contributed by atoms with van der Waals surface area (Å²) >= 11 is 0. The molecular formula is C16H22N2O3. The summed E-state index contributed by atoms with van der Waals surface area (Å²) in [6.45, 7) is 2.71. The van der Waals surface area contributed by atoms with E-state index in [2.05, 4.69) is 5.32 Å². The van der Waals surface area contributed by atoms with Gasteiger partial charge >= 0.3 is 0 Å². The standard InChI is InChI=1S/C16H22N2O3/c1-12-9-18(15-6-4-3-5-14(12)15)10-16(20)17-13(11-19)7-8-21-2/h3-6,9,13,19H,7-8,10-11H2,1-2H3,(H,17,20). The predicted octanol–water partition coefficient (Wildman–Crippen LogP) is 1.46. The number of nitrogens with zero attached hydrogens (tertiary/aromatic N) is 1. The molecule has 114 valence electrons.